The maximum absolute atomic E-state index is 13.3. The molecule has 0 spiro atoms. The highest BCUT2D eigenvalue weighted by Crippen LogP contribution is 2.17. The van der Waals surface area contributed by atoms with Crippen LogP contribution >= 0.6 is 11.6 Å². The molecule has 6 nitrogen and oxygen atoms in total. The minimum Gasteiger partial charge on any atom is -0.389 e. The first-order valence-electron chi connectivity index (χ1n) is 11.1. The van der Waals surface area contributed by atoms with Crippen molar-refractivity contribution in [2.24, 2.45) is 0 Å². The molecule has 1 aromatic rings. The Hall–Kier alpha value is -2.03. The molecular weight excluding hydrogens is 440 g/mol. The number of halogens is 3. The molecule has 2 atom stereocenters. The number of rotatable bonds is 7. The lowest BCUT2D eigenvalue weighted by Crippen LogP contribution is -2.45. The van der Waals surface area contributed by atoms with Crippen LogP contribution in [-0.2, 0) is 9.59 Å². The van der Waals surface area contributed by atoms with Gasteiger partial charge in [-0.3, -0.25) is 9.59 Å². The first-order chi connectivity index (χ1) is 15.3. The molecule has 1 N–H and O–H groups in total. The van der Waals surface area contributed by atoms with Crippen LogP contribution in [0.3, 0.4) is 0 Å². The lowest BCUT2D eigenvalue weighted by molar-refractivity contribution is -0.130. The summed E-state index contributed by atoms with van der Waals surface area (Å²) in [6.07, 6.45) is 3.27. The van der Waals surface area contributed by atoms with E-state index in [9.17, 15) is 23.5 Å². The van der Waals surface area contributed by atoms with E-state index in [0.29, 0.717) is 51.3 Å². The molecule has 0 radical (unpaired) electrons. The fourth-order valence-electron chi connectivity index (χ4n) is 4.02. The van der Waals surface area contributed by atoms with Gasteiger partial charge in [-0.1, -0.05) is 17.7 Å². The van der Waals surface area contributed by atoms with Gasteiger partial charge in [0.1, 0.15) is 12.0 Å². The third-order valence-electron chi connectivity index (χ3n) is 6.00. The second kappa shape index (κ2) is 11.7. The summed E-state index contributed by atoms with van der Waals surface area (Å²) in [5, 5.41) is 9.64. The van der Waals surface area contributed by atoms with Crippen LogP contribution in [0, 0.1) is 5.82 Å². The Balaban J connectivity index is 1.41. The maximum Gasteiger partial charge on any atom is 0.246 e. The number of nitrogens with zero attached hydrogens (tertiary/aromatic N) is 3. The van der Waals surface area contributed by atoms with Crippen molar-refractivity contribution in [2.75, 3.05) is 45.8 Å². The fraction of sp³-hybridized carbons (Fsp3) is 0.565. The maximum atomic E-state index is 13.3. The number of unbranched alkanes of at least 4 members (excludes halogenated alkanes) is 1. The third-order valence-corrected chi connectivity index (χ3v) is 6.29. The number of β-amino-alcohol motifs (C(OH)–C–C–N with tert-alkyl or cyclic N) is 1. The monoisotopic (exact) mass is 469 g/mol. The summed E-state index contributed by atoms with van der Waals surface area (Å²) >= 11 is 5.76. The van der Waals surface area contributed by atoms with Gasteiger partial charge in [-0.15, -0.1) is 0 Å². The lowest BCUT2D eigenvalue weighted by atomic mass is 10.1. The van der Waals surface area contributed by atoms with E-state index in [4.69, 9.17) is 11.6 Å². The fourth-order valence-corrected chi connectivity index (χ4v) is 4.21. The summed E-state index contributed by atoms with van der Waals surface area (Å²) in [5.74, 6) is -0.679. The standard InChI is InChI=1S/C23H30ClF2N3O3/c24-18-15-17(3-5-19(18)25)4-6-22(31)29-12-8-23(32)28(13-14-29)10-2-1-9-27-11-7-20(26)21(30)16-27/h3-6,15,20-21,30H,1-2,7-14,16H2/b6-4+. The zero-order valence-electron chi connectivity index (χ0n) is 18.1. The van der Waals surface area contributed by atoms with Crippen molar-refractivity contribution in [2.45, 2.75) is 38.0 Å². The Morgan fingerprint density at radius 2 is 1.97 bits per heavy atom. The van der Waals surface area contributed by atoms with Crippen LogP contribution in [0.25, 0.3) is 6.08 Å². The molecule has 2 unspecified atom stereocenters. The van der Waals surface area contributed by atoms with Gasteiger partial charge in [0, 0.05) is 51.8 Å². The van der Waals surface area contributed by atoms with Gasteiger partial charge in [-0.05, 0) is 49.6 Å². The molecule has 2 fully saturated rings. The number of likely N-dealkylation sites (tertiary alicyclic amines) is 1. The molecule has 3 rings (SSSR count). The number of alkyl halides is 1. The molecule has 2 saturated heterocycles. The first kappa shape index (κ1) is 24.6. The molecule has 0 saturated carbocycles. The molecule has 1 aromatic carbocycles. The molecule has 9 heteroatoms. The van der Waals surface area contributed by atoms with Gasteiger partial charge in [0.15, 0.2) is 0 Å². The predicted molar refractivity (Wildman–Crippen MR) is 119 cm³/mol. The molecule has 2 heterocycles. The van der Waals surface area contributed by atoms with E-state index in [1.165, 1.54) is 18.2 Å². The summed E-state index contributed by atoms with van der Waals surface area (Å²) < 4.78 is 26.6. The quantitative estimate of drug-likeness (QED) is 0.492. The van der Waals surface area contributed by atoms with Gasteiger partial charge in [-0.2, -0.15) is 0 Å². The Bertz CT molecular complexity index is 839. The summed E-state index contributed by atoms with van der Waals surface area (Å²) in [4.78, 5) is 30.5. The summed E-state index contributed by atoms with van der Waals surface area (Å²) in [5.41, 5.74) is 0.625. The highest BCUT2D eigenvalue weighted by atomic mass is 35.5. The number of aliphatic hydroxyl groups excluding tert-OH is 1. The molecular formula is C23H30ClF2N3O3. The van der Waals surface area contributed by atoms with Crippen molar-refractivity contribution in [1.29, 1.82) is 0 Å². The molecule has 0 bridgehead atoms. The number of hydrogen-bond acceptors (Lipinski definition) is 4. The zero-order valence-corrected chi connectivity index (χ0v) is 18.8. The van der Waals surface area contributed by atoms with E-state index in [0.717, 1.165) is 19.4 Å². The van der Waals surface area contributed by atoms with Crippen molar-refractivity contribution in [3.8, 4) is 0 Å². The van der Waals surface area contributed by atoms with E-state index in [1.807, 2.05) is 0 Å². The van der Waals surface area contributed by atoms with Gasteiger partial charge >= 0.3 is 0 Å². The van der Waals surface area contributed by atoms with Crippen LogP contribution < -0.4 is 0 Å². The normalized spacial score (nSPS) is 23.1. The minimum absolute atomic E-state index is 0.00122. The van der Waals surface area contributed by atoms with E-state index < -0.39 is 18.1 Å². The van der Waals surface area contributed by atoms with Crippen LogP contribution in [0.1, 0.15) is 31.2 Å². The topological polar surface area (TPSA) is 64.1 Å². The van der Waals surface area contributed by atoms with Crippen molar-refractivity contribution in [3.05, 3.63) is 40.7 Å². The van der Waals surface area contributed by atoms with Crippen molar-refractivity contribution in [1.82, 2.24) is 14.7 Å². The number of amides is 2. The molecule has 2 amide bonds. The van der Waals surface area contributed by atoms with E-state index in [1.54, 1.807) is 21.9 Å². The van der Waals surface area contributed by atoms with Crippen molar-refractivity contribution in [3.63, 3.8) is 0 Å². The summed E-state index contributed by atoms with van der Waals surface area (Å²) in [7, 11) is 0. The smallest absolute Gasteiger partial charge is 0.246 e. The SMILES string of the molecule is O=C(/C=C/c1ccc(F)c(Cl)c1)N1CCC(=O)N(CCCCN2CCC(F)C(O)C2)CC1. The summed E-state index contributed by atoms with van der Waals surface area (Å²) in [6.45, 7) is 3.69. The number of hydrogen-bond donors (Lipinski definition) is 1. The van der Waals surface area contributed by atoms with Gasteiger partial charge < -0.3 is 19.8 Å². The Kier molecular flexibility index (Phi) is 9.02. The Morgan fingerprint density at radius 1 is 1.19 bits per heavy atom. The van der Waals surface area contributed by atoms with Gasteiger partial charge in [0.25, 0.3) is 0 Å². The second-order valence-electron chi connectivity index (χ2n) is 8.34. The number of carbonyl (C=O) groups excluding carboxylic acids is 2. The zero-order chi connectivity index (χ0) is 23.1. The minimum atomic E-state index is -1.13. The van der Waals surface area contributed by atoms with Crippen molar-refractivity contribution >= 4 is 29.5 Å². The van der Waals surface area contributed by atoms with Crippen LogP contribution in [-0.4, -0.2) is 89.7 Å². The second-order valence-corrected chi connectivity index (χ2v) is 8.75. The van der Waals surface area contributed by atoms with Crippen LogP contribution in [0.2, 0.25) is 5.02 Å². The molecule has 0 aromatic heterocycles. The van der Waals surface area contributed by atoms with E-state index in [-0.39, 0.29) is 23.3 Å². The van der Waals surface area contributed by atoms with Crippen LogP contribution in [0.15, 0.2) is 24.3 Å². The van der Waals surface area contributed by atoms with Gasteiger partial charge in [0.05, 0.1) is 11.1 Å². The van der Waals surface area contributed by atoms with Gasteiger partial charge in [0.2, 0.25) is 11.8 Å². The highest BCUT2D eigenvalue weighted by Gasteiger charge is 2.27. The highest BCUT2D eigenvalue weighted by molar-refractivity contribution is 6.30. The van der Waals surface area contributed by atoms with E-state index in [2.05, 4.69) is 4.90 Å². The lowest BCUT2D eigenvalue weighted by Gasteiger charge is -2.32. The van der Waals surface area contributed by atoms with Crippen LogP contribution in [0.4, 0.5) is 8.78 Å². The predicted octanol–water partition coefficient (Wildman–Crippen LogP) is 2.74. The molecule has 2 aliphatic rings. The van der Waals surface area contributed by atoms with Crippen molar-refractivity contribution < 1.29 is 23.5 Å². The number of benzene rings is 1. The molecule has 0 aliphatic carbocycles. The average molecular weight is 470 g/mol. The third kappa shape index (κ3) is 6.98. The number of aliphatic hydroxyl groups is 1. The largest absolute Gasteiger partial charge is 0.389 e. The van der Waals surface area contributed by atoms with E-state index >= 15 is 0 Å². The van der Waals surface area contributed by atoms with Gasteiger partial charge in [-0.25, -0.2) is 8.78 Å². The summed E-state index contributed by atoms with van der Waals surface area (Å²) in [6, 6.07) is 4.24. The first-order valence-corrected chi connectivity index (χ1v) is 11.5. The Labute approximate surface area is 192 Å². The van der Waals surface area contributed by atoms with Crippen LogP contribution in [0.5, 0.6) is 0 Å². The number of piperidine rings is 1. The molecule has 176 valence electrons. The number of carbonyl (C=O) groups is 2. The average Bonchev–Trinajstić information content (AvgIpc) is 2.96. The Morgan fingerprint density at radius 3 is 2.72 bits per heavy atom. The molecule has 32 heavy (non-hydrogen) atoms. The molecule has 2 aliphatic heterocycles.